The molecule has 3 aromatic rings. The monoisotopic (exact) mass is 379 g/mol. The predicted molar refractivity (Wildman–Crippen MR) is 104 cm³/mol. The Morgan fingerprint density at radius 3 is 2.82 bits per heavy atom. The van der Waals surface area contributed by atoms with Crippen molar-refractivity contribution in [3.63, 3.8) is 0 Å². The summed E-state index contributed by atoms with van der Waals surface area (Å²) in [5, 5.41) is 17.3. The number of nitrogens with zero attached hydrogens (tertiary/aromatic N) is 2. The summed E-state index contributed by atoms with van der Waals surface area (Å²) < 4.78 is 10.8. The maximum Gasteiger partial charge on any atom is 0.272 e. The highest BCUT2D eigenvalue weighted by molar-refractivity contribution is 6.00. The van der Waals surface area contributed by atoms with Gasteiger partial charge in [-0.2, -0.15) is 5.10 Å². The SMILES string of the molecule is CCOc1cc([C@H]2c3c(-c4cccc(OC)c4)n[nH]c3C(=O)N2C)ccc1O. The number of ether oxygens (including phenoxy) is 2. The Morgan fingerprint density at radius 2 is 2.07 bits per heavy atom. The fraction of sp³-hybridized carbons (Fsp3) is 0.238. The van der Waals surface area contributed by atoms with E-state index in [0.29, 0.717) is 29.5 Å². The molecule has 2 aromatic carbocycles. The second-order valence-corrected chi connectivity index (χ2v) is 6.57. The second-order valence-electron chi connectivity index (χ2n) is 6.57. The first-order chi connectivity index (χ1) is 13.5. The number of methoxy groups -OCH3 is 1. The van der Waals surface area contributed by atoms with Gasteiger partial charge in [-0.3, -0.25) is 9.89 Å². The van der Waals surface area contributed by atoms with Crippen molar-refractivity contribution in [2.75, 3.05) is 20.8 Å². The molecule has 0 saturated carbocycles. The minimum Gasteiger partial charge on any atom is -0.504 e. The van der Waals surface area contributed by atoms with E-state index in [9.17, 15) is 9.90 Å². The number of carbonyl (C=O) groups is 1. The molecule has 0 unspecified atom stereocenters. The van der Waals surface area contributed by atoms with Crippen LogP contribution in [-0.4, -0.2) is 46.9 Å². The first-order valence-corrected chi connectivity index (χ1v) is 9.00. The van der Waals surface area contributed by atoms with Crippen molar-refractivity contribution >= 4 is 5.91 Å². The van der Waals surface area contributed by atoms with Crippen LogP contribution in [0.25, 0.3) is 11.3 Å². The third kappa shape index (κ3) is 2.76. The molecule has 7 heteroatoms. The quantitative estimate of drug-likeness (QED) is 0.710. The average Bonchev–Trinajstić information content (AvgIpc) is 3.24. The van der Waals surface area contributed by atoms with E-state index in [4.69, 9.17) is 9.47 Å². The molecule has 2 heterocycles. The van der Waals surface area contributed by atoms with Gasteiger partial charge in [-0.25, -0.2) is 0 Å². The summed E-state index contributed by atoms with van der Waals surface area (Å²) in [4.78, 5) is 14.4. The van der Waals surface area contributed by atoms with Gasteiger partial charge in [-0.1, -0.05) is 18.2 Å². The molecule has 1 aliphatic rings. The van der Waals surface area contributed by atoms with E-state index in [0.717, 1.165) is 16.7 Å². The lowest BCUT2D eigenvalue weighted by atomic mass is 9.96. The van der Waals surface area contributed by atoms with Crippen LogP contribution >= 0.6 is 0 Å². The number of H-pyrrole nitrogens is 1. The molecule has 1 amide bonds. The van der Waals surface area contributed by atoms with Crippen molar-refractivity contribution < 1.29 is 19.4 Å². The smallest absolute Gasteiger partial charge is 0.272 e. The highest BCUT2D eigenvalue weighted by Gasteiger charge is 2.40. The maximum atomic E-state index is 12.8. The molecular weight excluding hydrogens is 358 g/mol. The van der Waals surface area contributed by atoms with Crippen molar-refractivity contribution in [1.82, 2.24) is 15.1 Å². The van der Waals surface area contributed by atoms with Gasteiger partial charge in [-0.05, 0) is 36.8 Å². The summed E-state index contributed by atoms with van der Waals surface area (Å²) in [6.45, 7) is 2.29. The Bertz CT molecular complexity index is 1040. The van der Waals surface area contributed by atoms with E-state index in [2.05, 4.69) is 10.2 Å². The number of rotatable bonds is 5. The van der Waals surface area contributed by atoms with Crippen LogP contribution in [0.2, 0.25) is 0 Å². The molecule has 144 valence electrons. The van der Waals surface area contributed by atoms with Gasteiger partial charge in [0.1, 0.15) is 11.4 Å². The van der Waals surface area contributed by atoms with Crippen molar-refractivity contribution in [2.45, 2.75) is 13.0 Å². The van der Waals surface area contributed by atoms with Crippen LogP contribution in [0.1, 0.15) is 34.6 Å². The van der Waals surface area contributed by atoms with Crippen molar-refractivity contribution in [3.05, 3.63) is 59.3 Å². The van der Waals surface area contributed by atoms with Gasteiger partial charge in [0, 0.05) is 18.2 Å². The van der Waals surface area contributed by atoms with Crippen LogP contribution in [0, 0.1) is 0 Å². The number of aromatic amines is 1. The second kappa shape index (κ2) is 6.92. The van der Waals surface area contributed by atoms with E-state index in [1.54, 1.807) is 37.3 Å². The highest BCUT2D eigenvalue weighted by atomic mass is 16.5. The van der Waals surface area contributed by atoms with Crippen LogP contribution in [0.4, 0.5) is 0 Å². The number of nitrogens with one attached hydrogen (secondary N) is 1. The number of carbonyl (C=O) groups excluding carboxylic acids is 1. The summed E-state index contributed by atoms with van der Waals surface area (Å²) >= 11 is 0. The molecule has 0 spiro atoms. The number of hydrogen-bond acceptors (Lipinski definition) is 5. The zero-order valence-corrected chi connectivity index (χ0v) is 15.9. The summed E-state index contributed by atoms with van der Waals surface area (Å²) in [5.74, 6) is 1.04. The van der Waals surface area contributed by atoms with Gasteiger partial charge < -0.3 is 19.5 Å². The zero-order chi connectivity index (χ0) is 19.8. The van der Waals surface area contributed by atoms with Gasteiger partial charge >= 0.3 is 0 Å². The first kappa shape index (κ1) is 17.9. The molecule has 2 N–H and O–H groups in total. The molecule has 1 aliphatic heterocycles. The number of aromatic hydroxyl groups is 1. The van der Waals surface area contributed by atoms with Crippen molar-refractivity contribution in [1.29, 1.82) is 0 Å². The molecule has 0 fully saturated rings. The predicted octanol–water partition coefficient (Wildman–Crippen LogP) is 3.36. The van der Waals surface area contributed by atoms with Crippen LogP contribution < -0.4 is 9.47 Å². The Kier molecular flexibility index (Phi) is 4.43. The Morgan fingerprint density at radius 1 is 1.25 bits per heavy atom. The normalized spacial score (nSPS) is 15.6. The molecule has 0 radical (unpaired) electrons. The third-order valence-electron chi connectivity index (χ3n) is 4.94. The number of amides is 1. The van der Waals surface area contributed by atoms with Gasteiger partial charge in [0.25, 0.3) is 5.91 Å². The molecule has 0 aliphatic carbocycles. The first-order valence-electron chi connectivity index (χ1n) is 9.00. The van der Waals surface area contributed by atoms with E-state index in [-0.39, 0.29) is 17.7 Å². The van der Waals surface area contributed by atoms with E-state index in [1.807, 2.05) is 31.2 Å². The summed E-state index contributed by atoms with van der Waals surface area (Å²) in [6, 6.07) is 12.4. The summed E-state index contributed by atoms with van der Waals surface area (Å²) in [7, 11) is 3.36. The zero-order valence-electron chi connectivity index (χ0n) is 15.9. The molecule has 4 rings (SSSR count). The van der Waals surface area contributed by atoms with E-state index < -0.39 is 0 Å². The largest absolute Gasteiger partial charge is 0.504 e. The van der Waals surface area contributed by atoms with Crippen LogP contribution in [0.3, 0.4) is 0 Å². The Labute approximate surface area is 162 Å². The highest BCUT2D eigenvalue weighted by Crippen LogP contribution is 2.43. The number of phenolic OH excluding ortho intramolecular Hbond substituents is 1. The minimum atomic E-state index is -0.345. The van der Waals surface area contributed by atoms with Crippen LogP contribution in [0.5, 0.6) is 17.2 Å². The molecule has 1 aromatic heterocycles. The fourth-order valence-corrected chi connectivity index (χ4v) is 3.62. The van der Waals surface area contributed by atoms with Crippen molar-refractivity contribution in [2.24, 2.45) is 0 Å². The lowest BCUT2D eigenvalue weighted by Crippen LogP contribution is -2.24. The van der Waals surface area contributed by atoms with Crippen LogP contribution in [0.15, 0.2) is 42.5 Å². The minimum absolute atomic E-state index is 0.0676. The van der Waals surface area contributed by atoms with E-state index in [1.165, 1.54) is 0 Å². The molecule has 0 bridgehead atoms. The molecule has 28 heavy (non-hydrogen) atoms. The Hall–Kier alpha value is -3.48. The van der Waals surface area contributed by atoms with E-state index >= 15 is 0 Å². The lowest BCUT2D eigenvalue weighted by Gasteiger charge is -2.22. The van der Waals surface area contributed by atoms with Crippen LogP contribution in [-0.2, 0) is 0 Å². The number of phenols is 1. The number of benzene rings is 2. The van der Waals surface area contributed by atoms with Gasteiger partial charge in [-0.15, -0.1) is 0 Å². The third-order valence-corrected chi connectivity index (χ3v) is 4.94. The number of aromatic nitrogens is 2. The van der Waals surface area contributed by atoms with Gasteiger partial charge in [0.2, 0.25) is 0 Å². The topological polar surface area (TPSA) is 87.7 Å². The lowest BCUT2D eigenvalue weighted by molar-refractivity contribution is 0.0787. The molecule has 0 saturated heterocycles. The van der Waals surface area contributed by atoms with Gasteiger partial charge in [0.05, 0.1) is 25.5 Å². The number of fused-ring (bicyclic) bond motifs is 1. The standard InChI is InChI=1S/C21H21N3O4/c1-4-28-16-11-13(8-9-15(16)25)20-17-18(12-6-5-7-14(10-12)27-3)22-23-19(17)21(26)24(20)2/h5-11,20,25H,4H2,1-3H3,(H,22,23)/t20-/m0/s1. The molecular formula is C21H21N3O4. The molecule has 1 atom stereocenters. The summed E-state index contributed by atoms with van der Waals surface area (Å²) in [5.41, 5.74) is 3.66. The Balaban J connectivity index is 1.86. The maximum absolute atomic E-state index is 12.8. The van der Waals surface area contributed by atoms with Crippen molar-refractivity contribution in [3.8, 4) is 28.5 Å². The summed E-state index contributed by atoms with van der Waals surface area (Å²) in [6.07, 6.45) is 0. The molecule has 7 nitrogen and oxygen atoms in total. The van der Waals surface area contributed by atoms with Gasteiger partial charge in [0.15, 0.2) is 11.5 Å². The fourth-order valence-electron chi connectivity index (χ4n) is 3.62. The average molecular weight is 379 g/mol. The number of hydrogen-bond donors (Lipinski definition) is 2.